The van der Waals surface area contributed by atoms with Crippen LogP contribution in [0.15, 0.2) is 12.5 Å². The maximum absolute atomic E-state index is 12.1. The van der Waals surface area contributed by atoms with Crippen molar-refractivity contribution >= 4 is 17.7 Å². The van der Waals surface area contributed by atoms with E-state index < -0.39 is 24.0 Å². The molecule has 0 aliphatic rings. The van der Waals surface area contributed by atoms with E-state index in [1.54, 1.807) is 6.92 Å². The number of carboxylic acids is 1. The molecular weight excluding hydrogens is 266 g/mol. The molecule has 0 bridgehead atoms. The molecular formula is C11H13N5O4. The number of nitrogens with one attached hydrogen (secondary N) is 1. The Bertz CT molecular complexity index is 666. The van der Waals surface area contributed by atoms with Crippen molar-refractivity contribution in [3.05, 3.63) is 23.8 Å². The second-order valence-electron chi connectivity index (χ2n) is 4.26. The SMILES string of the molecule is Cc1c(C(=O)N[C@H](C(=O)O)[C@@H](C)O)cnc2ncnn12. The summed E-state index contributed by atoms with van der Waals surface area (Å²) in [5.41, 5.74) is 0.634. The van der Waals surface area contributed by atoms with E-state index in [0.717, 1.165) is 0 Å². The third kappa shape index (κ3) is 2.43. The van der Waals surface area contributed by atoms with Crippen molar-refractivity contribution in [1.82, 2.24) is 24.9 Å². The van der Waals surface area contributed by atoms with Gasteiger partial charge in [-0.25, -0.2) is 14.3 Å². The lowest BCUT2D eigenvalue weighted by Crippen LogP contribution is -2.47. The second-order valence-corrected chi connectivity index (χ2v) is 4.26. The minimum absolute atomic E-state index is 0.162. The molecule has 9 heteroatoms. The van der Waals surface area contributed by atoms with Crippen molar-refractivity contribution in [2.45, 2.75) is 26.0 Å². The largest absolute Gasteiger partial charge is 0.480 e. The van der Waals surface area contributed by atoms with Gasteiger partial charge >= 0.3 is 5.97 Å². The highest BCUT2D eigenvalue weighted by Gasteiger charge is 2.26. The topological polar surface area (TPSA) is 130 Å². The Morgan fingerprint density at radius 3 is 2.70 bits per heavy atom. The summed E-state index contributed by atoms with van der Waals surface area (Å²) in [7, 11) is 0. The highest BCUT2D eigenvalue weighted by atomic mass is 16.4. The van der Waals surface area contributed by atoms with Gasteiger partial charge in [-0.15, -0.1) is 0 Å². The molecule has 0 aliphatic heterocycles. The van der Waals surface area contributed by atoms with Crippen LogP contribution in [0, 0.1) is 6.92 Å². The fourth-order valence-corrected chi connectivity index (χ4v) is 1.72. The Balaban J connectivity index is 2.31. The molecule has 2 heterocycles. The van der Waals surface area contributed by atoms with Gasteiger partial charge in [0.1, 0.15) is 6.33 Å². The molecule has 2 aromatic rings. The first-order valence-electron chi connectivity index (χ1n) is 5.79. The molecule has 0 fully saturated rings. The molecule has 3 N–H and O–H groups in total. The summed E-state index contributed by atoms with van der Waals surface area (Å²) in [6.45, 7) is 2.92. The number of fused-ring (bicyclic) bond motifs is 1. The molecule has 20 heavy (non-hydrogen) atoms. The first-order valence-corrected chi connectivity index (χ1v) is 5.79. The first kappa shape index (κ1) is 13.9. The zero-order valence-corrected chi connectivity index (χ0v) is 10.8. The van der Waals surface area contributed by atoms with E-state index in [2.05, 4.69) is 20.4 Å². The third-order valence-corrected chi connectivity index (χ3v) is 2.83. The van der Waals surface area contributed by atoms with Crippen LogP contribution in [0.2, 0.25) is 0 Å². The molecule has 0 aliphatic carbocycles. The lowest BCUT2D eigenvalue weighted by molar-refractivity contribution is -0.141. The van der Waals surface area contributed by atoms with E-state index >= 15 is 0 Å². The molecule has 0 saturated carbocycles. The Hall–Kier alpha value is -2.55. The van der Waals surface area contributed by atoms with Crippen LogP contribution >= 0.6 is 0 Å². The van der Waals surface area contributed by atoms with Gasteiger partial charge in [0.25, 0.3) is 11.7 Å². The number of hydrogen-bond donors (Lipinski definition) is 3. The van der Waals surface area contributed by atoms with Gasteiger partial charge in [-0.2, -0.15) is 10.1 Å². The number of rotatable bonds is 4. The van der Waals surface area contributed by atoms with E-state index in [0.29, 0.717) is 11.5 Å². The molecule has 0 radical (unpaired) electrons. The molecule has 1 amide bonds. The average Bonchev–Trinajstić information content (AvgIpc) is 2.84. The maximum Gasteiger partial charge on any atom is 0.328 e. The summed E-state index contributed by atoms with van der Waals surface area (Å²) in [5, 5.41) is 24.4. The Kier molecular flexibility index (Phi) is 3.61. The minimum Gasteiger partial charge on any atom is -0.480 e. The van der Waals surface area contributed by atoms with E-state index in [-0.39, 0.29) is 5.56 Å². The quantitative estimate of drug-likeness (QED) is 0.654. The number of hydrogen-bond acceptors (Lipinski definition) is 6. The second kappa shape index (κ2) is 5.21. The maximum atomic E-state index is 12.1. The van der Waals surface area contributed by atoms with Gasteiger partial charge in [-0.05, 0) is 13.8 Å². The van der Waals surface area contributed by atoms with Gasteiger partial charge in [0.15, 0.2) is 6.04 Å². The van der Waals surface area contributed by atoms with Crippen LogP contribution in [0.5, 0.6) is 0 Å². The smallest absolute Gasteiger partial charge is 0.328 e. The van der Waals surface area contributed by atoms with Gasteiger partial charge in [0.05, 0.1) is 17.4 Å². The molecule has 2 atom stereocenters. The van der Waals surface area contributed by atoms with E-state index in [4.69, 9.17) is 5.11 Å². The highest BCUT2D eigenvalue weighted by molar-refractivity contribution is 5.97. The molecule has 106 valence electrons. The number of aliphatic hydroxyl groups is 1. The number of carbonyl (C=O) groups excluding carboxylic acids is 1. The molecule has 0 spiro atoms. The molecule has 9 nitrogen and oxygen atoms in total. The monoisotopic (exact) mass is 279 g/mol. The number of aromatic nitrogens is 4. The van der Waals surface area contributed by atoms with E-state index in [9.17, 15) is 14.7 Å². The lowest BCUT2D eigenvalue weighted by Gasteiger charge is -2.17. The standard InChI is InChI=1S/C11H13N5O4/c1-5-7(3-12-11-13-4-14-16(5)11)9(18)15-8(6(2)17)10(19)20/h3-4,6,8,17H,1-2H3,(H,15,18)(H,19,20)/t6-,8+/m1/s1. The Labute approximate surface area is 113 Å². The van der Waals surface area contributed by atoms with E-state index in [1.165, 1.54) is 24.0 Å². The van der Waals surface area contributed by atoms with Crippen LogP contribution in [-0.2, 0) is 4.79 Å². The number of nitrogens with zero attached hydrogens (tertiary/aromatic N) is 4. The number of aliphatic hydroxyl groups excluding tert-OH is 1. The zero-order valence-electron chi connectivity index (χ0n) is 10.8. The summed E-state index contributed by atoms with van der Waals surface area (Å²) in [5.74, 6) is -1.63. The van der Waals surface area contributed by atoms with Crippen LogP contribution in [0.1, 0.15) is 23.0 Å². The van der Waals surface area contributed by atoms with Gasteiger partial charge in [-0.1, -0.05) is 0 Å². The van der Waals surface area contributed by atoms with Crippen LogP contribution in [0.4, 0.5) is 0 Å². The fraction of sp³-hybridized carbons (Fsp3) is 0.364. The zero-order chi connectivity index (χ0) is 14.9. The van der Waals surface area contributed by atoms with Crippen LogP contribution in [-0.4, -0.2) is 53.8 Å². The predicted molar refractivity (Wildman–Crippen MR) is 66.1 cm³/mol. The van der Waals surface area contributed by atoms with Crippen LogP contribution in [0.3, 0.4) is 0 Å². The van der Waals surface area contributed by atoms with Gasteiger partial charge in [0, 0.05) is 6.20 Å². The molecule has 0 unspecified atom stereocenters. The van der Waals surface area contributed by atoms with Crippen molar-refractivity contribution in [3.8, 4) is 0 Å². The predicted octanol–water partition coefficient (Wildman–Crippen LogP) is -1.00. The normalized spacial score (nSPS) is 13.9. The van der Waals surface area contributed by atoms with Crippen molar-refractivity contribution in [1.29, 1.82) is 0 Å². The fourth-order valence-electron chi connectivity index (χ4n) is 1.72. The molecule has 2 aromatic heterocycles. The van der Waals surface area contributed by atoms with Crippen LogP contribution < -0.4 is 5.32 Å². The summed E-state index contributed by atoms with van der Waals surface area (Å²) >= 11 is 0. The first-order chi connectivity index (χ1) is 9.41. The van der Waals surface area contributed by atoms with Crippen LogP contribution in [0.25, 0.3) is 5.78 Å². The minimum atomic E-state index is -1.40. The van der Waals surface area contributed by atoms with Gasteiger partial charge in [0.2, 0.25) is 0 Å². The van der Waals surface area contributed by atoms with E-state index in [1.807, 2.05) is 0 Å². The number of amides is 1. The lowest BCUT2D eigenvalue weighted by atomic mass is 10.1. The van der Waals surface area contributed by atoms with Crippen molar-refractivity contribution in [2.75, 3.05) is 0 Å². The molecule has 0 aromatic carbocycles. The number of carboxylic acid groups (broad SMARTS) is 1. The molecule has 0 saturated heterocycles. The summed E-state index contributed by atoms with van der Waals surface area (Å²) < 4.78 is 1.37. The third-order valence-electron chi connectivity index (χ3n) is 2.83. The van der Waals surface area contributed by atoms with Gasteiger partial charge in [-0.3, -0.25) is 4.79 Å². The summed E-state index contributed by atoms with van der Waals surface area (Å²) in [4.78, 5) is 30.8. The summed E-state index contributed by atoms with van der Waals surface area (Å²) in [6, 6.07) is -1.40. The van der Waals surface area contributed by atoms with Crippen molar-refractivity contribution in [2.24, 2.45) is 0 Å². The number of aliphatic carboxylic acids is 1. The average molecular weight is 279 g/mol. The number of aryl methyl sites for hydroxylation is 1. The summed E-state index contributed by atoms with van der Waals surface area (Å²) in [6.07, 6.45) is 1.36. The van der Waals surface area contributed by atoms with Gasteiger partial charge < -0.3 is 15.5 Å². The van der Waals surface area contributed by atoms with Crippen molar-refractivity contribution < 1.29 is 19.8 Å². The molecule has 2 rings (SSSR count). The highest BCUT2D eigenvalue weighted by Crippen LogP contribution is 2.08. The Morgan fingerprint density at radius 1 is 1.40 bits per heavy atom. The number of carbonyl (C=O) groups is 2. The Morgan fingerprint density at radius 2 is 2.10 bits per heavy atom. The van der Waals surface area contributed by atoms with Crippen molar-refractivity contribution in [3.63, 3.8) is 0 Å².